The highest BCUT2D eigenvalue weighted by atomic mass is 16.5. The van der Waals surface area contributed by atoms with E-state index in [9.17, 15) is 0 Å². The zero-order chi connectivity index (χ0) is 13.2. The lowest BCUT2D eigenvalue weighted by atomic mass is 10.4. The van der Waals surface area contributed by atoms with Gasteiger partial charge in [-0.2, -0.15) is 0 Å². The van der Waals surface area contributed by atoms with E-state index in [1.165, 1.54) is 0 Å². The molecule has 3 heteroatoms. The summed E-state index contributed by atoms with van der Waals surface area (Å²) in [4.78, 5) is 2.32. The molecule has 0 fully saturated rings. The molecule has 0 atom stereocenters. The van der Waals surface area contributed by atoms with E-state index in [0.717, 1.165) is 39.2 Å². The average Bonchev–Trinajstić information content (AvgIpc) is 2.35. The van der Waals surface area contributed by atoms with Crippen LogP contribution in [0.25, 0.3) is 0 Å². The lowest BCUT2D eigenvalue weighted by molar-refractivity contribution is 0.179. The van der Waals surface area contributed by atoms with Crippen molar-refractivity contribution in [3.05, 3.63) is 0 Å². The molecule has 0 aliphatic heterocycles. The molecule has 0 amide bonds. The normalized spacial score (nSPS) is 9.00. The van der Waals surface area contributed by atoms with Crippen LogP contribution in [0.5, 0.6) is 0 Å². The first-order valence-electron chi connectivity index (χ1n) is 6.69. The predicted molar refractivity (Wildman–Crippen MR) is 75.2 cm³/mol. The van der Waals surface area contributed by atoms with Crippen LogP contribution in [-0.2, 0) is 4.74 Å². The zero-order valence-corrected chi connectivity index (χ0v) is 12.6. The van der Waals surface area contributed by atoms with Gasteiger partial charge in [-0.3, -0.25) is 0 Å². The first kappa shape index (κ1) is 21.2. The molecular formula is C13H34N2O. The molecule has 0 radical (unpaired) electrons. The fourth-order valence-corrected chi connectivity index (χ4v) is 1.04. The molecule has 0 saturated heterocycles. The van der Waals surface area contributed by atoms with Crippen LogP contribution in [0.4, 0.5) is 0 Å². The SMILES string of the molecule is CC.CC.CCNCCN(C)CCCOC. The van der Waals surface area contributed by atoms with Crippen molar-refractivity contribution in [1.82, 2.24) is 10.2 Å². The van der Waals surface area contributed by atoms with E-state index >= 15 is 0 Å². The van der Waals surface area contributed by atoms with Gasteiger partial charge in [0, 0.05) is 33.4 Å². The maximum absolute atomic E-state index is 4.98. The summed E-state index contributed by atoms with van der Waals surface area (Å²) in [6, 6.07) is 0. The number of methoxy groups -OCH3 is 1. The predicted octanol–water partition coefficient (Wildman–Crippen LogP) is 2.62. The lowest BCUT2D eigenvalue weighted by Gasteiger charge is -2.15. The molecule has 16 heavy (non-hydrogen) atoms. The van der Waals surface area contributed by atoms with E-state index in [4.69, 9.17) is 4.74 Å². The fraction of sp³-hybridized carbons (Fsp3) is 1.00. The second-order valence-electron chi connectivity index (χ2n) is 3.00. The second kappa shape index (κ2) is 24.2. The minimum atomic E-state index is 0.867. The molecule has 0 unspecified atom stereocenters. The average molecular weight is 234 g/mol. The molecule has 0 aliphatic carbocycles. The topological polar surface area (TPSA) is 24.5 Å². The van der Waals surface area contributed by atoms with E-state index < -0.39 is 0 Å². The monoisotopic (exact) mass is 234 g/mol. The molecule has 0 saturated carbocycles. The van der Waals surface area contributed by atoms with E-state index in [1.54, 1.807) is 7.11 Å². The van der Waals surface area contributed by atoms with Crippen LogP contribution in [0.3, 0.4) is 0 Å². The molecule has 0 aromatic heterocycles. The molecule has 0 heterocycles. The molecule has 0 bridgehead atoms. The van der Waals surface area contributed by atoms with Crippen LogP contribution in [0.1, 0.15) is 41.0 Å². The highest BCUT2D eigenvalue weighted by molar-refractivity contribution is 4.53. The third kappa shape index (κ3) is 23.6. The summed E-state index contributed by atoms with van der Waals surface area (Å²) in [6.07, 6.45) is 1.12. The Hall–Kier alpha value is -0.120. The van der Waals surface area contributed by atoms with Crippen LogP contribution in [-0.4, -0.2) is 51.8 Å². The van der Waals surface area contributed by atoms with Crippen LogP contribution in [0.15, 0.2) is 0 Å². The van der Waals surface area contributed by atoms with Gasteiger partial charge in [0.05, 0.1) is 0 Å². The smallest absolute Gasteiger partial charge is 0.0474 e. The number of likely N-dealkylation sites (N-methyl/N-ethyl adjacent to an activating group) is 2. The number of hydrogen-bond acceptors (Lipinski definition) is 3. The van der Waals surface area contributed by atoms with Gasteiger partial charge >= 0.3 is 0 Å². The molecule has 102 valence electrons. The minimum absolute atomic E-state index is 0.867. The van der Waals surface area contributed by atoms with Crippen molar-refractivity contribution in [2.45, 2.75) is 41.0 Å². The van der Waals surface area contributed by atoms with E-state index in [1.807, 2.05) is 27.7 Å². The van der Waals surface area contributed by atoms with Gasteiger partial charge in [0.15, 0.2) is 0 Å². The van der Waals surface area contributed by atoms with Gasteiger partial charge in [-0.1, -0.05) is 34.6 Å². The molecule has 0 aliphatic rings. The third-order valence-corrected chi connectivity index (χ3v) is 1.81. The fourth-order valence-electron chi connectivity index (χ4n) is 1.04. The van der Waals surface area contributed by atoms with Crippen LogP contribution in [0.2, 0.25) is 0 Å². The van der Waals surface area contributed by atoms with Crippen molar-refractivity contribution >= 4 is 0 Å². The Balaban J connectivity index is -0.000000376. The second-order valence-corrected chi connectivity index (χ2v) is 3.00. The summed E-state index contributed by atoms with van der Waals surface area (Å²) in [5.41, 5.74) is 0. The van der Waals surface area contributed by atoms with Gasteiger partial charge in [0.2, 0.25) is 0 Å². The van der Waals surface area contributed by atoms with Gasteiger partial charge in [-0.25, -0.2) is 0 Å². The van der Waals surface area contributed by atoms with Crippen molar-refractivity contribution in [2.75, 3.05) is 46.9 Å². The first-order chi connectivity index (χ1) is 7.81. The molecular weight excluding hydrogens is 200 g/mol. The minimum Gasteiger partial charge on any atom is -0.385 e. The Morgan fingerprint density at radius 3 is 2.06 bits per heavy atom. The third-order valence-electron chi connectivity index (χ3n) is 1.81. The Kier molecular flexibility index (Phi) is 32.1. The van der Waals surface area contributed by atoms with Crippen molar-refractivity contribution in [3.8, 4) is 0 Å². The molecule has 0 rings (SSSR count). The Bertz CT molecular complexity index is 80.0. The first-order valence-corrected chi connectivity index (χ1v) is 6.69. The number of rotatable bonds is 8. The van der Waals surface area contributed by atoms with Gasteiger partial charge < -0.3 is 15.0 Å². The molecule has 1 N–H and O–H groups in total. The van der Waals surface area contributed by atoms with Crippen molar-refractivity contribution in [3.63, 3.8) is 0 Å². The quantitative estimate of drug-likeness (QED) is 0.653. The largest absolute Gasteiger partial charge is 0.385 e. The van der Waals surface area contributed by atoms with E-state index in [-0.39, 0.29) is 0 Å². The highest BCUT2D eigenvalue weighted by Gasteiger charge is 1.95. The summed E-state index contributed by atoms with van der Waals surface area (Å²) in [5, 5.41) is 3.30. The Labute approximate surface area is 104 Å². The van der Waals surface area contributed by atoms with Gasteiger partial charge in [-0.15, -0.1) is 0 Å². The van der Waals surface area contributed by atoms with E-state index in [2.05, 4.69) is 24.2 Å². The van der Waals surface area contributed by atoms with Gasteiger partial charge in [0.1, 0.15) is 0 Å². The summed E-state index contributed by atoms with van der Waals surface area (Å²) in [7, 11) is 3.89. The zero-order valence-electron chi connectivity index (χ0n) is 12.6. The highest BCUT2D eigenvalue weighted by Crippen LogP contribution is 1.86. The summed E-state index contributed by atoms with van der Waals surface area (Å²) < 4.78 is 4.98. The lowest BCUT2D eigenvalue weighted by Crippen LogP contribution is -2.30. The molecule has 0 aromatic carbocycles. The standard InChI is InChI=1S/C9H22N2O.2C2H6/c1-4-10-6-8-11(2)7-5-9-12-3;2*1-2/h10H,4-9H2,1-3H3;2*1-2H3. The number of ether oxygens (including phenoxy) is 1. The van der Waals surface area contributed by atoms with Crippen LogP contribution >= 0.6 is 0 Å². The summed E-state index contributed by atoms with van der Waals surface area (Å²) >= 11 is 0. The maximum Gasteiger partial charge on any atom is 0.0474 e. The molecule has 0 aromatic rings. The van der Waals surface area contributed by atoms with Crippen molar-refractivity contribution in [2.24, 2.45) is 0 Å². The Morgan fingerprint density at radius 2 is 1.62 bits per heavy atom. The molecule has 3 nitrogen and oxygen atoms in total. The molecule has 0 spiro atoms. The van der Waals surface area contributed by atoms with Crippen LogP contribution < -0.4 is 5.32 Å². The number of hydrogen-bond donors (Lipinski definition) is 1. The summed E-state index contributed by atoms with van der Waals surface area (Å²) in [6.45, 7) is 15.4. The van der Waals surface area contributed by atoms with Crippen molar-refractivity contribution < 1.29 is 4.74 Å². The number of nitrogens with zero attached hydrogens (tertiary/aromatic N) is 1. The van der Waals surface area contributed by atoms with Gasteiger partial charge in [0.25, 0.3) is 0 Å². The van der Waals surface area contributed by atoms with Gasteiger partial charge in [-0.05, 0) is 20.0 Å². The van der Waals surface area contributed by atoms with Crippen LogP contribution in [0, 0.1) is 0 Å². The van der Waals surface area contributed by atoms with E-state index in [0.29, 0.717) is 0 Å². The Morgan fingerprint density at radius 1 is 1.06 bits per heavy atom. The maximum atomic E-state index is 4.98. The summed E-state index contributed by atoms with van der Waals surface area (Å²) in [5.74, 6) is 0. The van der Waals surface area contributed by atoms with Crippen molar-refractivity contribution in [1.29, 1.82) is 0 Å². The number of nitrogens with one attached hydrogen (secondary N) is 1.